The fourth-order valence-electron chi connectivity index (χ4n) is 0.977. The summed E-state index contributed by atoms with van der Waals surface area (Å²) >= 11 is 0. The van der Waals surface area contributed by atoms with E-state index in [4.69, 9.17) is 4.74 Å². The van der Waals surface area contributed by atoms with Crippen molar-refractivity contribution in [1.29, 1.82) is 0 Å². The summed E-state index contributed by atoms with van der Waals surface area (Å²) in [6.45, 7) is 3.57. The SMILES string of the molecule is C=CC=Cc1ccc(O)c(OC)c1. The van der Waals surface area contributed by atoms with E-state index in [-0.39, 0.29) is 5.75 Å². The molecular weight excluding hydrogens is 164 g/mol. The van der Waals surface area contributed by atoms with Crippen molar-refractivity contribution in [3.8, 4) is 11.5 Å². The molecule has 68 valence electrons. The lowest BCUT2D eigenvalue weighted by molar-refractivity contribution is 0.373. The van der Waals surface area contributed by atoms with E-state index in [1.54, 1.807) is 24.3 Å². The largest absolute Gasteiger partial charge is 0.504 e. The molecule has 0 amide bonds. The minimum absolute atomic E-state index is 0.151. The number of allylic oxidation sites excluding steroid dienone is 2. The first-order valence-corrected chi connectivity index (χ1v) is 3.94. The van der Waals surface area contributed by atoms with Gasteiger partial charge in [-0.25, -0.2) is 0 Å². The first kappa shape index (κ1) is 9.39. The zero-order valence-electron chi connectivity index (χ0n) is 7.53. The number of aromatic hydroxyl groups is 1. The predicted molar refractivity (Wildman–Crippen MR) is 53.9 cm³/mol. The topological polar surface area (TPSA) is 29.5 Å². The van der Waals surface area contributed by atoms with Crippen molar-refractivity contribution in [2.24, 2.45) is 0 Å². The van der Waals surface area contributed by atoms with Crippen molar-refractivity contribution < 1.29 is 9.84 Å². The number of hydrogen-bond acceptors (Lipinski definition) is 2. The normalized spacial score (nSPS) is 10.2. The van der Waals surface area contributed by atoms with E-state index in [9.17, 15) is 5.11 Å². The molecule has 1 aromatic carbocycles. The molecule has 13 heavy (non-hydrogen) atoms. The van der Waals surface area contributed by atoms with E-state index in [0.717, 1.165) is 5.56 Å². The molecule has 0 aliphatic heterocycles. The van der Waals surface area contributed by atoms with Crippen LogP contribution in [0.2, 0.25) is 0 Å². The summed E-state index contributed by atoms with van der Waals surface area (Å²) < 4.78 is 4.96. The molecule has 0 fully saturated rings. The third-order valence-electron chi connectivity index (χ3n) is 1.63. The van der Waals surface area contributed by atoms with Crippen molar-refractivity contribution in [3.63, 3.8) is 0 Å². The van der Waals surface area contributed by atoms with Gasteiger partial charge in [0, 0.05) is 0 Å². The van der Waals surface area contributed by atoms with Crippen LogP contribution in [0.1, 0.15) is 5.56 Å². The summed E-state index contributed by atoms with van der Waals surface area (Å²) in [4.78, 5) is 0. The Morgan fingerprint density at radius 1 is 1.46 bits per heavy atom. The third-order valence-corrected chi connectivity index (χ3v) is 1.63. The van der Waals surface area contributed by atoms with Crippen LogP contribution >= 0.6 is 0 Å². The van der Waals surface area contributed by atoms with Gasteiger partial charge >= 0.3 is 0 Å². The van der Waals surface area contributed by atoms with Crippen molar-refractivity contribution >= 4 is 6.08 Å². The molecule has 0 saturated carbocycles. The molecule has 2 nitrogen and oxygen atoms in total. The zero-order valence-corrected chi connectivity index (χ0v) is 7.53. The minimum Gasteiger partial charge on any atom is -0.504 e. The van der Waals surface area contributed by atoms with E-state index in [1.807, 2.05) is 12.2 Å². The van der Waals surface area contributed by atoms with Crippen LogP contribution in [0, 0.1) is 0 Å². The van der Waals surface area contributed by atoms with Gasteiger partial charge in [-0.15, -0.1) is 0 Å². The molecule has 0 spiro atoms. The molecule has 0 aromatic heterocycles. The Hall–Kier alpha value is -1.70. The maximum Gasteiger partial charge on any atom is 0.161 e. The monoisotopic (exact) mass is 176 g/mol. The van der Waals surface area contributed by atoms with Gasteiger partial charge < -0.3 is 9.84 Å². The van der Waals surface area contributed by atoms with Crippen LogP contribution in [0.5, 0.6) is 11.5 Å². The molecule has 2 heteroatoms. The van der Waals surface area contributed by atoms with Crippen LogP contribution in [-0.4, -0.2) is 12.2 Å². The highest BCUT2D eigenvalue weighted by atomic mass is 16.5. The molecule has 0 heterocycles. The van der Waals surface area contributed by atoms with Gasteiger partial charge in [-0.3, -0.25) is 0 Å². The molecule has 0 bridgehead atoms. The van der Waals surface area contributed by atoms with Gasteiger partial charge in [-0.05, 0) is 17.7 Å². The average molecular weight is 176 g/mol. The van der Waals surface area contributed by atoms with Crippen molar-refractivity contribution in [2.75, 3.05) is 7.11 Å². The smallest absolute Gasteiger partial charge is 0.161 e. The summed E-state index contributed by atoms with van der Waals surface area (Å²) in [5.41, 5.74) is 0.967. The number of hydrogen-bond donors (Lipinski definition) is 1. The Morgan fingerprint density at radius 2 is 2.23 bits per heavy atom. The molecule has 0 radical (unpaired) electrons. The lowest BCUT2D eigenvalue weighted by Gasteiger charge is -2.03. The van der Waals surface area contributed by atoms with Crippen LogP contribution in [-0.2, 0) is 0 Å². The maximum atomic E-state index is 9.29. The minimum atomic E-state index is 0.151. The molecular formula is C11H12O2. The lowest BCUT2D eigenvalue weighted by Crippen LogP contribution is -1.83. The van der Waals surface area contributed by atoms with Crippen molar-refractivity contribution in [3.05, 3.63) is 42.5 Å². The zero-order chi connectivity index (χ0) is 9.68. The Kier molecular flexibility index (Phi) is 3.15. The molecule has 1 N–H and O–H groups in total. The van der Waals surface area contributed by atoms with Gasteiger partial charge in [-0.2, -0.15) is 0 Å². The van der Waals surface area contributed by atoms with E-state index in [0.29, 0.717) is 5.75 Å². The van der Waals surface area contributed by atoms with Crippen LogP contribution in [0.15, 0.2) is 36.9 Å². The van der Waals surface area contributed by atoms with Crippen molar-refractivity contribution in [1.82, 2.24) is 0 Å². The molecule has 0 unspecified atom stereocenters. The first-order chi connectivity index (χ1) is 6.27. The Labute approximate surface area is 77.8 Å². The fourth-order valence-corrected chi connectivity index (χ4v) is 0.977. The number of ether oxygens (including phenoxy) is 1. The average Bonchev–Trinajstić information content (AvgIpc) is 2.16. The number of phenolic OH excluding ortho intramolecular Hbond substituents is 1. The fraction of sp³-hybridized carbons (Fsp3) is 0.0909. The summed E-state index contributed by atoms with van der Waals surface area (Å²) in [5.74, 6) is 0.629. The quantitative estimate of drug-likeness (QED) is 0.717. The highest BCUT2D eigenvalue weighted by Gasteiger charge is 1.99. The van der Waals surface area contributed by atoms with Crippen LogP contribution < -0.4 is 4.74 Å². The van der Waals surface area contributed by atoms with E-state index in [2.05, 4.69) is 6.58 Å². The predicted octanol–water partition coefficient (Wildman–Crippen LogP) is 2.60. The van der Waals surface area contributed by atoms with E-state index >= 15 is 0 Å². The first-order valence-electron chi connectivity index (χ1n) is 3.94. The number of rotatable bonds is 3. The molecule has 0 atom stereocenters. The second kappa shape index (κ2) is 4.36. The molecule has 0 aliphatic rings. The maximum absolute atomic E-state index is 9.29. The van der Waals surface area contributed by atoms with Gasteiger partial charge in [0.2, 0.25) is 0 Å². The van der Waals surface area contributed by atoms with Crippen LogP contribution in [0.3, 0.4) is 0 Å². The molecule has 1 rings (SSSR count). The third kappa shape index (κ3) is 2.37. The standard InChI is InChI=1S/C11H12O2/c1-3-4-5-9-6-7-10(12)11(8-9)13-2/h3-8,12H,1H2,2H3. The summed E-state index contributed by atoms with van der Waals surface area (Å²) in [6.07, 6.45) is 5.40. The summed E-state index contributed by atoms with van der Waals surface area (Å²) in [6, 6.07) is 5.16. The number of benzene rings is 1. The highest BCUT2D eigenvalue weighted by Crippen LogP contribution is 2.26. The van der Waals surface area contributed by atoms with Gasteiger partial charge in [-0.1, -0.05) is 30.9 Å². The second-order valence-corrected chi connectivity index (χ2v) is 2.53. The van der Waals surface area contributed by atoms with E-state index in [1.165, 1.54) is 7.11 Å². The van der Waals surface area contributed by atoms with Crippen LogP contribution in [0.4, 0.5) is 0 Å². The van der Waals surface area contributed by atoms with Gasteiger partial charge in [0.1, 0.15) is 0 Å². The second-order valence-electron chi connectivity index (χ2n) is 2.53. The Bertz CT molecular complexity index is 327. The highest BCUT2D eigenvalue weighted by molar-refractivity contribution is 5.56. The Balaban J connectivity index is 2.99. The summed E-state index contributed by atoms with van der Waals surface area (Å²) in [7, 11) is 1.52. The number of methoxy groups -OCH3 is 1. The summed E-state index contributed by atoms with van der Waals surface area (Å²) in [5, 5.41) is 9.29. The van der Waals surface area contributed by atoms with Gasteiger partial charge in [0.05, 0.1) is 7.11 Å². The lowest BCUT2D eigenvalue weighted by atomic mass is 10.2. The molecule has 0 saturated heterocycles. The Morgan fingerprint density at radius 3 is 2.85 bits per heavy atom. The van der Waals surface area contributed by atoms with Gasteiger partial charge in [0.15, 0.2) is 11.5 Å². The molecule has 1 aromatic rings. The van der Waals surface area contributed by atoms with E-state index < -0.39 is 0 Å². The molecule has 0 aliphatic carbocycles. The van der Waals surface area contributed by atoms with Crippen molar-refractivity contribution in [2.45, 2.75) is 0 Å². The number of phenols is 1. The van der Waals surface area contributed by atoms with Gasteiger partial charge in [0.25, 0.3) is 0 Å². The van der Waals surface area contributed by atoms with Crippen LogP contribution in [0.25, 0.3) is 6.08 Å².